The molecular formula is C17H17BrN4OS. The Balaban J connectivity index is 1.47. The van der Waals surface area contributed by atoms with Crippen molar-refractivity contribution in [2.75, 3.05) is 12.3 Å². The summed E-state index contributed by atoms with van der Waals surface area (Å²) in [5, 5.41) is 11.2. The molecule has 0 saturated heterocycles. The molecule has 1 amide bonds. The van der Waals surface area contributed by atoms with Crippen molar-refractivity contribution in [3.8, 4) is 0 Å². The molecule has 24 heavy (non-hydrogen) atoms. The monoisotopic (exact) mass is 404 g/mol. The number of halogens is 1. The van der Waals surface area contributed by atoms with Crippen LogP contribution in [-0.4, -0.2) is 32.8 Å². The van der Waals surface area contributed by atoms with Gasteiger partial charge in [-0.05, 0) is 42.8 Å². The number of hydrogen-bond acceptors (Lipinski definition) is 4. The molecule has 0 fully saturated rings. The third-order valence-electron chi connectivity index (χ3n) is 3.55. The van der Waals surface area contributed by atoms with E-state index in [0.29, 0.717) is 18.7 Å². The Hall–Kier alpha value is -1.86. The Morgan fingerprint density at radius 1 is 1.29 bits per heavy atom. The SMILES string of the molecule is Cc1cc(Br)ccc1SCC(=O)NCCc1nnc2ccccn12. The molecule has 7 heteroatoms. The molecule has 0 aliphatic heterocycles. The average Bonchev–Trinajstić information content (AvgIpc) is 2.97. The van der Waals surface area contributed by atoms with Gasteiger partial charge in [-0.25, -0.2) is 0 Å². The van der Waals surface area contributed by atoms with Gasteiger partial charge in [-0.3, -0.25) is 9.20 Å². The van der Waals surface area contributed by atoms with Gasteiger partial charge in [-0.15, -0.1) is 22.0 Å². The van der Waals surface area contributed by atoms with E-state index in [1.807, 2.05) is 47.9 Å². The fraction of sp³-hybridized carbons (Fsp3) is 0.235. The topological polar surface area (TPSA) is 59.3 Å². The lowest BCUT2D eigenvalue weighted by atomic mass is 10.2. The molecule has 0 bridgehead atoms. The van der Waals surface area contributed by atoms with Crippen LogP contribution in [0.15, 0.2) is 52.0 Å². The number of hydrogen-bond donors (Lipinski definition) is 1. The first-order valence-electron chi connectivity index (χ1n) is 7.58. The molecule has 2 aromatic heterocycles. The lowest BCUT2D eigenvalue weighted by Crippen LogP contribution is -2.27. The van der Waals surface area contributed by atoms with Crippen LogP contribution in [0.2, 0.25) is 0 Å². The van der Waals surface area contributed by atoms with Crippen molar-refractivity contribution in [2.45, 2.75) is 18.2 Å². The lowest BCUT2D eigenvalue weighted by Gasteiger charge is -2.07. The summed E-state index contributed by atoms with van der Waals surface area (Å²) in [6, 6.07) is 11.8. The highest BCUT2D eigenvalue weighted by atomic mass is 79.9. The number of fused-ring (bicyclic) bond motifs is 1. The zero-order valence-corrected chi connectivity index (χ0v) is 15.6. The molecule has 0 radical (unpaired) electrons. The molecule has 3 rings (SSSR count). The maximum atomic E-state index is 12.0. The number of rotatable bonds is 6. The van der Waals surface area contributed by atoms with Crippen molar-refractivity contribution < 1.29 is 4.79 Å². The summed E-state index contributed by atoms with van der Waals surface area (Å²) in [5.74, 6) is 1.28. The smallest absolute Gasteiger partial charge is 0.230 e. The van der Waals surface area contributed by atoms with Crippen LogP contribution in [-0.2, 0) is 11.2 Å². The highest BCUT2D eigenvalue weighted by molar-refractivity contribution is 9.10. The van der Waals surface area contributed by atoms with Gasteiger partial charge >= 0.3 is 0 Å². The number of thioether (sulfide) groups is 1. The van der Waals surface area contributed by atoms with Crippen molar-refractivity contribution >= 4 is 39.2 Å². The quantitative estimate of drug-likeness (QED) is 0.640. The van der Waals surface area contributed by atoms with Crippen molar-refractivity contribution in [1.29, 1.82) is 0 Å². The van der Waals surface area contributed by atoms with Gasteiger partial charge in [-0.2, -0.15) is 0 Å². The lowest BCUT2D eigenvalue weighted by molar-refractivity contribution is -0.118. The van der Waals surface area contributed by atoms with Gasteiger partial charge in [0.2, 0.25) is 5.91 Å². The van der Waals surface area contributed by atoms with Crippen LogP contribution in [0.1, 0.15) is 11.4 Å². The van der Waals surface area contributed by atoms with E-state index in [1.54, 1.807) is 11.8 Å². The summed E-state index contributed by atoms with van der Waals surface area (Å²) in [7, 11) is 0. The van der Waals surface area contributed by atoms with E-state index in [1.165, 1.54) is 0 Å². The Labute approximate surface area is 153 Å². The van der Waals surface area contributed by atoms with E-state index in [4.69, 9.17) is 0 Å². The van der Waals surface area contributed by atoms with Gasteiger partial charge in [0.15, 0.2) is 5.65 Å². The van der Waals surface area contributed by atoms with Crippen LogP contribution in [0.4, 0.5) is 0 Å². The highest BCUT2D eigenvalue weighted by Gasteiger charge is 2.07. The number of carbonyl (C=O) groups is 1. The second kappa shape index (κ2) is 7.81. The fourth-order valence-corrected chi connectivity index (χ4v) is 3.66. The zero-order valence-electron chi connectivity index (χ0n) is 13.2. The molecule has 0 aliphatic carbocycles. The molecule has 5 nitrogen and oxygen atoms in total. The number of amides is 1. The van der Waals surface area contributed by atoms with Gasteiger partial charge in [0.1, 0.15) is 5.82 Å². The largest absolute Gasteiger partial charge is 0.355 e. The molecule has 0 unspecified atom stereocenters. The number of nitrogens with one attached hydrogen (secondary N) is 1. The first-order chi connectivity index (χ1) is 11.6. The van der Waals surface area contributed by atoms with Crippen LogP contribution < -0.4 is 5.32 Å². The van der Waals surface area contributed by atoms with E-state index in [2.05, 4.69) is 37.5 Å². The molecule has 1 aromatic carbocycles. The second-order valence-corrected chi connectivity index (χ2v) is 7.28. The predicted octanol–water partition coefficient (Wildman–Crippen LogP) is 3.25. The third-order valence-corrected chi connectivity index (χ3v) is 5.22. The number of nitrogens with zero attached hydrogens (tertiary/aromatic N) is 3. The molecular weight excluding hydrogens is 388 g/mol. The van der Waals surface area contributed by atoms with E-state index >= 15 is 0 Å². The summed E-state index contributed by atoms with van der Waals surface area (Å²) in [5.41, 5.74) is 1.98. The van der Waals surface area contributed by atoms with Gasteiger partial charge in [0, 0.05) is 28.5 Å². The normalized spacial score (nSPS) is 10.9. The second-order valence-electron chi connectivity index (χ2n) is 5.34. The fourth-order valence-electron chi connectivity index (χ4n) is 2.34. The third kappa shape index (κ3) is 4.15. The maximum absolute atomic E-state index is 12.0. The van der Waals surface area contributed by atoms with E-state index < -0.39 is 0 Å². The van der Waals surface area contributed by atoms with Gasteiger partial charge < -0.3 is 5.32 Å². The molecule has 0 spiro atoms. The summed E-state index contributed by atoms with van der Waals surface area (Å²) >= 11 is 4.99. The van der Waals surface area contributed by atoms with Crippen LogP contribution in [0.5, 0.6) is 0 Å². The Morgan fingerprint density at radius 2 is 2.17 bits per heavy atom. The number of pyridine rings is 1. The molecule has 0 aliphatic rings. The summed E-state index contributed by atoms with van der Waals surface area (Å²) in [4.78, 5) is 13.1. The van der Waals surface area contributed by atoms with E-state index in [-0.39, 0.29) is 5.91 Å². The van der Waals surface area contributed by atoms with Crippen molar-refractivity contribution in [3.05, 3.63) is 58.5 Å². The minimum atomic E-state index is 0.0242. The zero-order chi connectivity index (χ0) is 16.9. The van der Waals surface area contributed by atoms with Crippen LogP contribution in [0.3, 0.4) is 0 Å². The molecule has 2 heterocycles. The minimum absolute atomic E-state index is 0.0242. The average molecular weight is 405 g/mol. The number of benzene rings is 1. The molecule has 0 atom stereocenters. The number of aryl methyl sites for hydroxylation is 1. The molecule has 3 aromatic rings. The first kappa shape index (κ1) is 17.0. The molecule has 1 N–H and O–H groups in total. The van der Waals surface area contributed by atoms with Crippen molar-refractivity contribution in [1.82, 2.24) is 19.9 Å². The van der Waals surface area contributed by atoms with E-state index in [9.17, 15) is 4.79 Å². The Bertz CT molecular complexity index is 865. The van der Waals surface area contributed by atoms with Crippen molar-refractivity contribution in [2.24, 2.45) is 0 Å². The molecule has 124 valence electrons. The Kier molecular flexibility index (Phi) is 5.52. The summed E-state index contributed by atoms with van der Waals surface area (Å²) in [6.45, 7) is 2.59. The predicted molar refractivity (Wildman–Crippen MR) is 99.3 cm³/mol. The maximum Gasteiger partial charge on any atom is 0.230 e. The van der Waals surface area contributed by atoms with Crippen LogP contribution in [0.25, 0.3) is 5.65 Å². The summed E-state index contributed by atoms with van der Waals surface area (Å²) in [6.07, 6.45) is 2.58. The number of aromatic nitrogens is 3. The van der Waals surface area contributed by atoms with Gasteiger partial charge in [0.25, 0.3) is 0 Å². The van der Waals surface area contributed by atoms with Crippen LogP contribution in [0, 0.1) is 6.92 Å². The van der Waals surface area contributed by atoms with E-state index in [0.717, 1.165) is 26.4 Å². The standard InChI is InChI=1S/C17H17BrN4OS/c1-12-10-13(18)5-6-14(12)24-11-17(23)19-8-7-16-21-20-15-4-2-3-9-22(15)16/h2-6,9-10H,7-8,11H2,1H3,(H,19,23). The van der Waals surface area contributed by atoms with Gasteiger partial charge in [-0.1, -0.05) is 22.0 Å². The highest BCUT2D eigenvalue weighted by Crippen LogP contribution is 2.25. The molecule has 0 saturated carbocycles. The van der Waals surface area contributed by atoms with Crippen LogP contribution >= 0.6 is 27.7 Å². The summed E-state index contributed by atoms with van der Waals surface area (Å²) < 4.78 is 2.99. The minimum Gasteiger partial charge on any atom is -0.355 e. The Morgan fingerprint density at radius 3 is 3.00 bits per heavy atom. The van der Waals surface area contributed by atoms with Gasteiger partial charge in [0.05, 0.1) is 5.75 Å². The first-order valence-corrected chi connectivity index (χ1v) is 9.35. The number of carbonyl (C=O) groups excluding carboxylic acids is 1. The van der Waals surface area contributed by atoms with Crippen molar-refractivity contribution in [3.63, 3.8) is 0 Å².